The minimum absolute atomic E-state index is 0.0576. The van der Waals surface area contributed by atoms with E-state index in [0.717, 1.165) is 38.9 Å². The van der Waals surface area contributed by atoms with Crippen LogP contribution in [0.4, 0.5) is 0 Å². The summed E-state index contributed by atoms with van der Waals surface area (Å²) in [5.74, 6) is 0.438. The Morgan fingerprint density at radius 2 is 0.771 bits per heavy atom. The van der Waals surface area contributed by atoms with Crippen LogP contribution in [0.5, 0.6) is 0 Å². The summed E-state index contributed by atoms with van der Waals surface area (Å²) in [5.41, 5.74) is -0.0576. The van der Waals surface area contributed by atoms with E-state index in [2.05, 4.69) is 58.9 Å². The van der Waals surface area contributed by atoms with Crippen molar-refractivity contribution < 1.29 is 14.6 Å². The molecule has 0 aromatic carbocycles. The van der Waals surface area contributed by atoms with Gasteiger partial charge in [0.05, 0.1) is 0 Å². The van der Waals surface area contributed by atoms with Gasteiger partial charge in [-0.25, -0.2) is 0 Å². The highest BCUT2D eigenvalue weighted by Crippen LogP contribution is 2.30. The molecular formula is C45H88O3. The zero-order valence-electron chi connectivity index (χ0n) is 33.6. The standard InChI is InChI=1S/C45H88O3/c1-6-8-10-12-14-16-18-20-22-24-26-28-30-32-34-36-40-47-44(39-38-43(3)45(4,5)42-46)48-41-37-35-33-31-29-27-25-23-21-19-17-15-13-11-9-7-2/h20-23,43-44,46H,6-19,24-42H2,1-5H3/b22-20-,23-21-. The molecule has 0 aliphatic rings. The van der Waals surface area contributed by atoms with E-state index in [1.54, 1.807) is 0 Å². The van der Waals surface area contributed by atoms with Crippen LogP contribution < -0.4 is 0 Å². The van der Waals surface area contributed by atoms with Crippen molar-refractivity contribution in [3.8, 4) is 0 Å². The SMILES string of the molecule is CCCCCCCC/C=C\CCCCCCCCOC(CCC(C)C(C)(C)CO)OCCCCCCCC/C=C\CCCCCCCC. The van der Waals surface area contributed by atoms with Crippen LogP contribution in [-0.2, 0) is 9.47 Å². The Morgan fingerprint density at radius 3 is 1.10 bits per heavy atom. The lowest BCUT2D eigenvalue weighted by Crippen LogP contribution is -2.28. The van der Waals surface area contributed by atoms with Crippen LogP contribution in [0.25, 0.3) is 0 Å². The Bertz CT molecular complexity index is 625. The van der Waals surface area contributed by atoms with Gasteiger partial charge in [-0.1, -0.05) is 174 Å². The minimum atomic E-state index is -0.104. The predicted octanol–water partition coefficient (Wildman–Crippen LogP) is 14.9. The molecule has 0 bridgehead atoms. The number of unbranched alkanes of at least 4 members (excludes halogenated alkanes) is 24. The molecule has 0 radical (unpaired) electrons. The fourth-order valence-electron chi connectivity index (χ4n) is 6.28. The van der Waals surface area contributed by atoms with Gasteiger partial charge < -0.3 is 14.6 Å². The Balaban J connectivity index is 3.95. The van der Waals surface area contributed by atoms with Gasteiger partial charge in [0.1, 0.15) is 0 Å². The highest BCUT2D eigenvalue weighted by molar-refractivity contribution is 4.82. The van der Waals surface area contributed by atoms with E-state index in [4.69, 9.17) is 9.47 Å². The number of rotatable bonds is 39. The molecule has 1 N–H and O–H groups in total. The van der Waals surface area contributed by atoms with Crippen molar-refractivity contribution in [1.29, 1.82) is 0 Å². The first-order valence-electron chi connectivity index (χ1n) is 21.6. The Hall–Kier alpha value is -0.640. The first kappa shape index (κ1) is 47.4. The lowest BCUT2D eigenvalue weighted by Gasteiger charge is -2.31. The maximum atomic E-state index is 9.79. The molecule has 0 saturated heterocycles. The number of hydrogen-bond acceptors (Lipinski definition) is 3. The molecule has 0 aliphatic heterocycles. The lowest BCUT2D eigenvalue weighted by atomic mass is 9.78. The minimum Gasteiger partial charge on any atom is -0.396 e. The van der Waals surface area contributed by atoms with Crippen molar-refractivity contribution in [2.75, 3.05) is 19.8 Å². The molecule has 48 heavy (non-hydrogen) atoms. The van der Waals surface area contributed by atoms with Gasteiger partial charge in [0.15, 0.2) is 6.29 Å². The first-order valence-corrected chi connectivity index (χ1v) is 21.6. The molecule has 0 rings (SSSR count). The van der Waals surface area contributed by atoms with Crippen LogP contribution in [0.2, 0.25) is 0 Å². The van der Waals surface area contributed by atoms with E-state index in [0.29, 0.717) is 5.92 Å². The molecule has 1 atom stereocenters. The van der Waals surface area contributed by atoms with Gasteiger partial charge in [-0.05, 0) is 88.4 Å². The van der Waals surface area contributed by atoms with Gasteiger partial charge in [-0.2, -0.15) is 0 Å². The van der Waals surface area contributed by atoms with Crippen LogP contribution >= 0.6 is 0 Å². The first-order chi connectivity index (χ1) is 23.5. The topological polar surface area (TPSA) is 38.7 Å². The van der Waals surface area contributed by atoms with Crippen LogP contribution in [0.3, 0.4) is 0 Å². The fraction of sp³-hybridized carbons (Fsp3) is 0.911. The largest absolute Gasteiger partial charge is 0.396 e. The maximum absolute atomic E-state index is 9.79. The van der Waals surface area contributed by atoms with Crippen molar-refractivity contribution in [2.45, 2.75) is 234 Å². The fourth-order valence-corrected chi connectivity index (χ4v) is 6.28. The van der Waals surface area contributed by atoms with Gasteiger partial charge in [0.25, 0.3) is 0 Å². The van der Waals surface area contributed by atoms with Crippen LogP contribution in [0, 0.1) is 11.3 Å². The molecule has 0 aliphatic carbocycles. The predicted molar refractivity (Wildman–Crippen MR) is 214 cm³/mol. The van der Waals surface area contributed by atoms with E-state index in [9.17, 15) is 5.11 Å². The van der Waals surface area contributed by atoms with Gasteiger partial charge in [-0.15, -0.1) is 0 Å². The molecular weight excluding hydrogens is 588 g/mol. The molecule has 0 saturated carbocycles. The third-order valence-electron chi connectivity index (χ3n) is 10.5. The third kappa shape index (κ3) is 33.8. The Kier molecular flexibility index (Phi) is 37.1. The maximum Gasteiger partial charge on any atom is 0.157 e. The second kappa shape index (κ2) is 37.6. The van der Waals surface area contributed by atoms with E-state index in [1.165, 1.54) is 167 Å². The molecule has 0 aromatic rings. The summed E-state index contributed by atoms with van der Waals surface area (Å²) >= 11 is 0. The van der Waals surface area contributed by atoms with Crippen molar-refractivity contribution in [3.63, 3.8) is 0 Å². The summed E-state index contributed by atoms with van der Waals surface area (Å²) in [4.78, 5) is 0. The number of aliphatic hydroxyl groups is 1. The van der Waals surface area contributed by atoms with Crippen LogP contribution in [0.1, 0.15) is 227 Å². The molecule has 0 spiro atoms. The molecule has 0 fully saturated rings. The summed E-state index contributed by atoms with van der Waals surface area (Å²) in [6.07, 6.45) is 48.7. The third-order valence-corrected chi connectivity index (χ3v) is 10.5. The van der Waals surface area contributed by atoms with Gasteiger partial charge in [0, 0.05) is 19.8 Å². The second-order valence-electron chi connectivity index (χ2n) is 15.7. The summed E-state index contributed by atoms with van der Waals surface area (Å²) in [7, 11) is 0. The lowest BCUT2D eigenvalue weighted by molar-refractivity contribution is -0.150. The van der Waals surface area contributed by atoms with Crippen LogP contribution in [-0.4, -0.2) is 31.2 Å². The van der Waals surface area contributed by atoms with E-state index >= 15 is 0 Å². The average molecular weight is 677 g/mol. The number of hydrogen-bond donors (Lipinski definition) is 1. The highest BCUT2D eigenvalue weighted by Gasteiger charge is 2.25. The zero-order valence-corrected chi connectivity index (χ0v) is 33.6. The van der Waals surface area contributed by atoms with Crippen molar-refractivity contribution in [1.82, 2.24) is 0 Å². The van der Waals surface area contributed by atoms with Crippen molar-refractivity contribution in [2.24, 2.45) is 11.3 Å². The van der Waals surface area contributed by atoms with Gasteiger partial charge >= 0.3 is 0 Å². The molecule has 286 valence electrons. The van der Waals surface area contributed by atoms with Gasteiger partial charge in [-0.3, -0.25) is 0 Å². The summed E-state index contributed by atoms with van der Waals surface area (Å²) in [5, 5.41) is 9.79. The highest BCUT2D eigenvalue weighted by atomic mass is 16.7. The molecule has 3 heteroatoms. The number of aliphatic hydroxyl groups excluding tert-OH is 1. The Morgan fingerprint density at radius 1 is 0.458 bits per heavy atom. The quantitative estimate of drug-likeness (QED) is 0.0400. The summed E-state index contributed by atoms with van der Waals surface area (Å²) in [6, 6.07) is 0. The van der Waals surface area contributed by atoms with Gasteiger partial charge in [0.2, 0.25) is 0 Å². The monoisotopic (exact) mass is 677 g/mol. The average Bonchev–Trinajstić information content (AvgIpc) is 3.09. The second-order valence-corrected chi connectivity index (χ2v) is 15.7. The van der Waals surface area contributed by atoms with E-state index < -0.39 is 0 Å². The molecule has 0 heterocycles. The smallest absolute Gasteiger partial charge is 0.157 e. The number of ether oxygens (including phenoxy) is 2. The summed E-state index contributed by atoms with van der Waals surface area (Å²) in [6.45, 7) is 13.0. The summed E-state index contributed by atoms with van der Waals surface area (Å²) < 4.78 is 12.6. The Labute approximate surface area is 302 Å². The van der Waals surface area contributed by atoms with E-state index in [1.807, 2.05) is 0 Å². The molecule has 3 nitrogen and oxygen atoms in total. The van der Waals surface area contributed by atoms with Crippen molar-refractivity contribution in [3.05, 3.63) is 24.3 Å². The molecule has 1 unspecified atom stereocenters. The molecule has 0 aromatic heterocycles. The van der Waals surface area contributed by atoms with E-state index in [-0.39, 0.29) is 18.3 Å². The van der Waals surface area contributed by atoms with Crippen molar-refractivity contribution >= 4 is 0 Å². The number of allylic oxidation sites excluding steroid dienone is 4. The molecule has 0 amide bonds. The zero-order chi connectivity index (χ0) is 35.2. The normalized spacial score (nSPS) is 13.1. The van der Waals surface area contributed by atoms with Crippen LogP contribution in [0.15, 0.2) is 24.3 Å².